The minimum atomic E-state index is 0.551. The lowest BCUT2D eigenvalue weighted by Gasteiger charge is -2.23. The third-order valence-corrected chi connectivity index (χ3v) is 3.80. The van der Waals surface area contributed by atoms with Gasteiger partial charge in [-0.3, -0.25) is 9.88 Å². The predicted molar refractivity (Wildman–Crippen MR) is 86.3 cm³/mol. The monoisotopic (exact) mass is 303 g/mol. The van der Waals surface area contributed by atoms with E-state index in [2.05, 4.69) is 45.7 Å². The first-order chi connectivity index (χ1) is 10.8. The molecule has 0 aliphatic rings. The summed E-state index contributed by atoms with van der Waals surface area (Å²) >= 11 is 0. The van der Waals surface area contributed by atoms with Crippen LogP contribution in [0.1, 0.15) is 26.7 Å². The molecule has 0 aliphatic heterocycles. The van der Waals surface area contributed by atoms with Gasteiger partial charge >= 0.3 is 0 Å². The topological polar surface area (TPSA) is 58.3 Å². The highest BCUT2D eigenvalue weighted by Gasteiger charge is 2.13. The molecule has 0 unspecified atom stereocenters. The highest BCUT2D eigenvalue weighted by molar-refractivity contribution is 5.46. The molecule has 2 aromatic heterocycles. The third kappa shape index (κ3) is 4.61. The van der Waals surface area contributed by atoms with Crippen molar-refractivity contribution in [3.05, 3.63) is 30.3 Å². The molecule has 0 fully saturated rings. The van der Waals surface area contributed by atoms with Crippen LogP contribution in [0.5, 0.6) is 0 Å². The van der Waals surface area contributed by atoms with Crippen LogP contribution < -0.4 is 0 Å². The van der Waals surface area contributed by atoms with Gasteiger partial charge in [0.15, 0.2) is 0 Å². The van der Waals surface area contributed by atoms with Gasteiger partial charge in [0, 0.05) is 19.3 Å². The van der Waals surface area contributed by atoms with Crippen molar-refractivity contribution in [3.8, 4) is 11.5 Å². The van der Waals surface area contributed by atoms with Crippen LogP contribution in [-0.4, -0.2) is 57.6 Å². The first-order valence-electron chi connectivity index (χ1n) is 7.95. The Bertz CT molecular complexity index is 538. The van der Waals surface area contributed by atoms with Crippen molar-refractivity contribution in [3.63, 3.8) is 0 Å². The van der Waals surface area contributed by atoms with Gasteiger partial charge in [-0.2, -0.15) is 4.98 Å². The molecule has 2 rings (SSSR count). The minimum absolute atomic E-state index is 0.551. The molecule has 0 atom stereocenters. The maximum Gasteiger partial charge on any atom is 0.241 e. The second-order valence-electron chi connectivity index (χ2n) is 5.12. The highest BCUT2D eigenvalue weighted by atomic mass is 16.5. The van der Waals surface area contributed by atoms with E-state index in [1.165, 1.54) is 0 Å². The maximum atomic E-state index is 5.35. The smallest absolute Gasteiger partial charge is 0.241 e. The Hall–Kier alpha value is -1.79. The molecule has 0 bridgehead atoms. The molecule has 0 aliphatic carbocycles. The predicted octanol–water partition coefficient (Wildman–Crippen LogP) is 2.30. The van der Waals surface area contributed by atoms with Gasteiger partial charge in [-0.05, 0) is 31.8 Å². The normalized spacial score (nSPS) is 11.5. The maximum absolute atomic E-state index is 5.35. The third-order valence-electron chi connectivity index (χ3n) is 3.80. The second-order valence-corrected chi connectivity index (χ2v) is 5.12. The van der Waals surface area contributed by atoms with Crippen LogP contribution in [0.25, 0.3) is 11.5 Å². The summed E-state index contributed by atoms with van der Waals surface area (Å²) < 4.78 is 5.35. The van der Waals surface area contributed by atoms with E-state index in [1.807, 2.05) is 18.2 Å². The summed E-state index contributed by atoms with van der Waals surface area (Å²) in [7, 11) is 0. The molecular formula is C16H25N5O. The van der Waals surface area contributed by atoms with Crippen molar-refractivity contribution in [2.75, 3.05) is 32.7 Å². The van der Waals surface area contributed by atoms with Gasteiger partial charge in [0.05, 0.1) is 6.54 Å². The molecule has 0 amide bonds. The van der Waals surface area contributed by atoms with Crippen molar-refractivity contribution < 1.29 is 4.52 Å². The fourth-order valence-corrected chi connectivity index (χ4v) is 2.28. The first-order valence-corrected chi connectivity index (χ1v) is 7.95. The van der Waals surface area contributed by atoms with Crippen LogP contribution in [0, 0.1) is 0 Å². The van der Waals surface area contributed by atoms with Crippen molar-refractivity contribution in [1.29, 1.82) is 0 Å². The summed E-state index contributed by atoms with van der Waals surface area (Å²) in [6.07, 6.45) is 1.73. The van der Waals surface area contributed by atoms with Crippen LogP contribution in [0.15, 0.2) is 28.9 Å². The van der Waals surface area contributed by atoms with E-state index in [9.17, 15) is 0 Å². The van der Waals surface area contributed by atoms with Gasteiger partial charge in [0.25, 0.3) is 0 Å². The number of hydrogen-bond acceptors (Lipinski definition) is 6. The van der Waals surface area contributed by atoms with Gasteiger partial charge < -0.3 is 9.42 Å². The Labute approximate surface area is 132 Å². The van der Waals surface area contributed by atoms with E-state index >= 15 is 0 Å². The Morgan fingerprint density at radius 1 is 1.00 bits per heavy atom. The molecule has 0 radical (unpaired) electrons. The van der Waals surface area contributed by atoms with Crippen molar-refractivity contribution in [2.24, 2.45) is 0 Å². The SMILES string of the molecule is CCN(CC)CCN(CC)Cc1nc(-c2ccccn2)no1. The standard InChI is InChI=1S/C16H25N5O/c1-4-20(5-2)11-12-21(6-3)13-15-18-16(19-22-15)14-9-7-8-10-17-14/h7-10H,4-6,11-13H2,1-3H3. The largest absolute Gasteiger partial charge is 0.337 e. The molecule has 120 valence electrons. The van der Waals surface area contributed by atoms with Gasteiger partial charge in [0.2, 0.25) is 11.7 Å². The van der Waals surface area contributed by atoms with Crippen LogP contribution >= 0.6 is 0 Å². The highest BCUT2D eigenvalue weighted by Crippen LogP contribution is 2.12. The molecule has 6 heteroatoms. The summed E-state index contributed by atoms with van der Waals surface area (Å²) in [5.41, 5.74) is 0.740. The quantitative estimate of drug-likeness (QED) is 0.708. The Morgan fingerprint density at radius 2 is 1.73 bits per heavy atom. The first kappa shape index (κ1) is 16.6. The lowest BCUT2D eigenvalue weighted by Crippen LogP contribution is -2.34. The zero-order valence-corrected chi connectivity index (χ0v) is 13.7. The molecular weight excluding hydrogens is 278 g/mol. The number of hydrogen-bond donors (Lipinski definition) is 0. The molecule has 0 aromatic carbocycles. The molecule has 0 N–H and O–H groups in total. The van der Waals surface area contributed by atoms with Gasteiger partial charge in [0.1, 0.15) is 5.69 Å². The van der Waals surface area contributed by atoms with E-state index in [0.29, 0.717) is 18.3 Å². The van der Waals surface area contributed by atoms with Crippen molar-refractivity contribution in [1.82, 2.24) is 24.9 Å². The lowest BCUT2D eigenvalue weighted by atomic mass is 10.3. The summed E-state index contributed by atoms with van der Waals surface area (Å²) in [6.45, 7) is 12.4. The van der Waals surface area contributed by atoms with Crippen molar-refractivity contribution >= 4 is 0 Å². The fraction of sp³-hybridized carbons (Fsp3) is 0.562. The fourth-order valence-electron chi connectivity index (χ4n) is 2.28. The van der Waals surface area contributed by atoms with Crippen molar-refractivity contribution in [2.45, 2.75) is 27.3 Å². The van der Waals surface area contributed by atoms with Crippen LogP contribution in [0.3, 0.4) is 0 Å². The number of rotatable bonds is 9. The molecule has 2 heterocycles. The average molecular weight is 303 g/mol. The van der Waals surface area contributed by atoms with E-state index in [0.717, 1.165) is 38.4 Å². The molecule has 6 nitrogen and oxygen atoms in total. The summed E-state index contributed by atoms with van der Waals surface area (Å²) in [5.74, 6) is 1.19. The summed E-state index contributed by atoms with van der Waals surface area (Å²) in [5, 5.41) is 4.02. The van der Waals surface area contributed by atoms with E-state index in [-0.39, 0.29) is 0 Å². The Kier molecular flexibility index (Phi) is 6.48. The summed E-state index contributed by atoms with van der Waals surface area (Å²) in [4.78, 5) is 13.4. The summed E-state index contributed by atoms with van der Waals surface area (Å²) in [6, 6.07) is 5.67. The number of nitrogens with zero attached hydrogens (tertiary/aromatic N) is 5. The Morgan fingerprint density at radius 3 is 2.36 bits per heavy atom. The molecule has 2 aromatic rings. The van der Waals surface area contributed by atoms with E-state index < -0.39 is 0 Å². The van der Waals surface area contributed by atoms with Crippen LogP contribution in [-0.2, 0) is 6.54 Å². The lowest BCUT2D eigenvalue weighted by molar-refractivity contribution is 0.195. The molecule has 22 heavy (non-hydrogen) atoms. The zero-order chi connectivity index (χ0) is 15.8. The Balaban J connectivity index is 1.93. The number of aromatic nitrogens is 3. The van der Waals surface area contributed by atoms with Gasteiger partial charge in [-0.25, -0.2) is 0 Å². The van der Waals surface area contributed by atoms with E-state index in [4.69, 9.17) is 4.52 Å². The van der Waals surface area contributed by atoms with Crippen LogP contribution in [0.2, 0.25) is 0 Å². The van der Waals surface area contributed by atoms with Gasteiger partial charge in [-0.15, -0.1) is 0 Å². The molecule has 0 saturated heterocycles. The molecule has 0 saturated carbocycles. The van der Waals surface area contributed by atoms with Crippen LogP contribution in [0.4, 0.5) is 0 Å². The van der Waals surface area contributed by atoms with E-state index in [1.54, 1.807) is 6.20 Å². The average Bonchev–Trinajstić information content (AvgIpc) is 3.04. The zero-order valence-electron chi connectivity index (χ0n) is 13.7. The molecule has 0 spiro atoms. The van der Waals surface area contributed by atoms with Gasteiger partial charge in [-0.1, -0.05) is 32.0 Å². The number of pyridine rings is 1. The minimum Gasteiger partial charge on any atom is -0.337 e. The second kappa shape index (κ2) is 8.60. The number of likely N-dealkylation sites (N-methyl/N-ethyl adjacent to an activating group) is 2.